The Morgan fingerprint density at radius 1 is 1.20 bits per heavy atom. The molecular weight excluding hydrogens is 338 g/mol. The van der Waals surface area contributed by atoms with Crippen LogP contribution in [0.25, 0.3) is 23.0 Å². The molecule has 0 aliphatic heterocycles. The van der Waals surface area contributed by atoms with Crippen LogP contribution >= 0.6 is 11.6 Å². The van der Waals surface area contributed by atoms with Crippen molar-refractivity contribution in [2.24, 2.45) is 0 Å². The van der Waals surface area contributed by atoms with E-state index in [1.807, 2.05) is 36.4 Å². The maximum atomic E-state index is 11.2. The van der Waals surface area contributed by atoms with Gasteiger partial charge in [0.1, 0.15) is 17.3 Å². The van der Waals surface area contributed by atoms with Gasteiger partial charge in [-0.3, -0.25) is 0 Å². The molecule has 1 heterocycles. The molecule has 0 amide bonds. The van der Waals surface area contributed by atoms with Crippen LogP contribution in [0, 0.1) is 11.3 Å². The number of aromatic nitrogens is 2. The lowest BCUT2D eigenvalue weighted by Crippen LogP contribution is -1.97. The van der Waals surface area contributed by atoms with E-state index in [4.69, 9.17) is 22.0 Å². The molecule has 6 heteroatoms. The third-order valence-electron chi connectivity index (χ3n) is 3.51. The Bertz CT molecular complexity index is 1000. The highest BCUT2D eigenvalue weighted by Gasteiger charge is 2.14. The molecule has 122 valence electrons. The maximum absolute atomic E-state index is 11.2. The molecule has 3 rings (SSSR count). The first-order valence-corrected chi connectivity index (χ1v) is 7.72. The van der Waals surface area contributed by atoms with Crippen molar-refractivity contribution < 1.29 is 9.90 Å². The second-order valence-corrected chi connectivity index (χ2v) is 5.63. The number of rotatable bonds is 4. The Balaban J connectivity index is 2.20. The SMILES string of the molecule is N#C/C(=C\c1cn(-c2ccccc2)nc1-c1cccc(Cl)c1)C(=O)O. The van der Waals surface area contributed by atoms with E-state index < -0.39 is 5.97 Å². The number of hydrogen-bond donors (Lipinski definition) is 1. The first-order chi connectivity index (χ1) is 12.1. The molecule has 0 atom stereocenters. The highest BCUT2D eigenvalue weighted by Crippen LogP contribution is 2.27. The molecule has 0 fully saturated rings. The molecule has 2 aromatic carbocycles. The second kappa shape index (κ2) is 7.04. The van der Waals surface area contributed by atoms with Crippen molar-refractivity contribution in [3.8, 4) is 23.0 Å². The molecular formula is C19H12ClN3O2. The summed E-state index contributed by atoms with van der Waals surface area (Å²) in [5.74, 6) is -1.29. The molecule has 0 unspecified atom stereocenters. The number of benzene rings is 2. The third kappa shape index (κ3) is 3.60. The largest absolute Gasteiger partial charge is 0.477 e. The van der Waals surface area contributed by atoms with Gasteiger partial charge >= 0.3 is 5.97 Å². The summed E-state index contributed by atoms with van der Waals surface area (Å²) in [4.78, 5) is 11.2. The van der Waals surface area contributed by atoms with Gasteiger partial charge in [0, 0.05) is 22.3 Å². The van der Waals surface area contributed by atoms with E-state index in [1.165, 1.54) is 6.08 Å². The van der Waals surface area contributed by atoms with E-state index in [9.17, 15) is 4.79 Å². The van der Waals surface area contributed by atoms with Crippen LogP contribution in [0.1, 0.15) is 5.56 Å². The van der Waals surface area contributed by atoms with Crippen molar-refractivity contribution >= 4 is 23.6 Å². The fourth-order valence-electron chi connectivity index (χ4n) is 2.36. The van der Waals surface area contributed by atoms with Gasteiger partial charge in [0.05, 0.1) is 5.69 Å². The Kier molecular flexibility index (Phi) is 4.64. The summed E-state index contributed by atoms with van der Waals surface area (Å²) in [7, 11) is 0. The van der Waals surface area contributed by atoms with Gasteiger partial charge in [-0.1, -0.05) is 41.9 Å². The summed E-state index contributed by atoms with van der Waals surface area (Å²) < 4.78 is 1.64. The van der Waals surface area contributed by atoms with Crippen LogP contribution in [-0.2, 0) is 4.79 Å². The van der Waals surface area contributed by atoms with Gasteiger partial charge in [-0.05, 0) is 30.3 Å². The van der Waals surface area contributed by atoms with E-state index in [-0.39, 0.29) is 5.57 Å². The van der Waals surface area contributed by atoms with Gasteiger partial charge in [-0.15, -0.1) is 0 Å². The molecule has 1 aromatic heterocycles. The van der Waals surface area contributed by atoms with Crippen molar-refractivity contribution in [1.82, 2.24) is 9.78 Å². The summed E-state index contributed by atoms with van der Waals surface area (Å²) in [5, 5.41) is 23.3. The van der Waals surface area contributed by atoms with E-state index in [1.54, 1.807) is 35.1 Å². The minimum absolute atomic E-state index is 0.365. The number of carboxylic acid groups (broad SMARTS) is 1. The first-order valence-electron chi connectivity index (χ1n) is 7.34. The summed E-state index contributed by atoms with van der Waals surface area (Å²) in [6, 6.07) is 18.2. The topological polar surface area (TPSA) is 78.9 Å². The third-order valence-corrected chi connectivity index (χ3v) is 3.75. The quantitative estimate of drug-likeness (QED) is 0.566. The summed E-state index contributed by atoms with van der Waals surface area (Å²) in [5.41, 5.74) is 2.25. The summed E-state index contributed by atoms with van der Waals surface area (Å²) in [6.45, 7) is 0. The number of para-hydroxylation sites is 1. The average molecular weight is 350 g/mol. The first kappa shape index (κ1) is 16.5. The van der Waals surface area contributed by atoms with Gasteiger partial charge in [0.2, 0.25) is 0 Å². The van der Waals surface area contributed by atoms with E-state index in [0.29, 0.717) is 16.3 Å². The Hall–Kier alpha value is -3.36. The van der Waals surface area contributed by atoms with Crippen LogP contribution in [0.15, 0.2) is 66.4 Å². The maximum Gasteiger partial charge on any atom is 0.346 e. The highest BCUT2D eigenvalue weighted by molar-refractivity contribution is 6.30. The highest BCUT2D eigenvalue weighted by atomic mass is 35.5. The zero-order chi connectivity index (χ0) is 17.8. The minimum Gasteiger partial charge on any atom is -0.477 e. The molecule has 0 bridgehead atoms. The van der Waals surface area contributed by atoms with Crippen LogP contribution in [0.4, 0.5) is 0 Å². The predicted octanol–water partition coefficient (Wildman–Crippen LogP) is 4.18. The molecule has 0 aliphatic rings. The van der Waals surface area contributed by atoms with Crippen LogP contribution in [0.3, 0.4) is 0 Å². The van der Waals surface area contributed by atoms with Gasteiger partial charge in [-0.25, -0.2) is 9.48 Å². The zero-order valence-corrected chi connectivity index (χ0v) is 13.7. The number of hydrogen-bond acceptors (Lipinski definition) is 3. The number of aliphatic carboxylic acids is 1. The molecule has 0 saturated carbocycles. The molecule has 5 nitrogen and oxygen atoms in total. The van der Waals surface area contributed by atoms with Crippen LogP contribution in [-0.4, -0.2) is 20.9 Å². The van der Waals surface area contributed by atoms with Crippen molar-refractivity contribution in [3.63, 3.8) is 0 Å². The van der Waals surface area contributed by atoms with E-state index >= 15 is 0 Å². The van der Waals surface area contributed by atoms with Gasteiger partial charge < -0.3 is 5.11 Å². The number of carboxylic acids is 1. The number of nitriles is 1. The van der Waals surface area contributed by atoms with Crippen molar-refractivity contribution in [3.05, 3.63) is 77.0 Å². The van der Waals surface area contributed by atoms with Gasteiger partial charge in [0.15, 0.2) is 0 Å². The fraction of sp³-hybridized carbons (Fsp3) is 0. The normalized spacial score (nSPS) is 11.1. The number of carbonyl (C=O) groups is 1. The number of halogens is 1. The smallest absolute Gasteiger partial charge is 0.346 e. The monoisotopic (exact) mass is 349 g/mol. The Morgan fingerprint density at radius 2 is 1.96 bits per heavy atom. The lowest BCUT2D eigenvalue weighted by atomic mass is 10.1. The molecule has 0 aliphatic carbocycles. The lowest BCUT2D eigenvalue weighted by Gasteiger charge is -2.01. The van der Waals surface area contributed by atoms with Crippen molar-refractivity contribution in [1.29, 1.82) is 5.26 Å². The molecule has 1 N–H and O–H groups in total. The minimum atomic E-state index is -1.29. The average Bonchev–Trinajstić information content (AvgIpc) is 3.04. The molecule has 0 radical (unpaired) electrons. The lowest BCUT2D eigenvalue weighted by molar-refractivity contribution is -0.132. The molecule has 0 saturated heterocycles. The predicted molar refractivity (Wildman–Crippen MR) is 95.2 cm³/mol. The van der Waals surface area contributed by atoms with Crippen molar-refractivity contribution in [2.45, 2.75) is 0 Å². The molecule has 0 spiro atoms. The van der Waals surface area contributed by atoms with E-state index in [2.05, 4.69) is 5.10 Å². The molecule has 25 heavy (non-hydrogen) atoms. The second-order valence-electron chi connectivity index (χ2n) is 5.20. The Morgan fingerprint density at radius 3 is 2.60 bits per heavy atom. The van der Waals surface area contributed by atoms with Crippen molar-refractivity contribution in [2.75, 3.05) is 0 Å². The van der Waals surface area contributed by atoms with Gasteiger partial charge in [-0.2, -0.15) is 10.4 Å². The van der Waals surface area contributed by atoms with Gasteiger partial charge in [0.25, 0.3) is 0 Å². The summed E-state index contributed by atoms with van der Waals surface area (Å²) >= 11 is 6.06. The fourth-order valence-corrected chi connectivity index (χ4v) is 2.55. The van der Waals surface area contributed by atoms with Crippen LogP contribution in [0.5, 0.6) is 0 Å². The number of nitrogens with zero attached hydrogens (tertiary/aromatic N) is 3. The Labute approximate surface area is 149 Å². The van der Waals surface area contributed by atoms with E-state index in [0.717, 1.165) is 11.3 Å². The standard InChI is InChI=1S/C19H12ClN3O2/c20-16-6-4-5-13(10-16)18-15(9-14(11-21)19(24)25)12-23(22-18)17-7-2-1-3-8-17/h1-10,12H,(H,24,25)/b14-9+. The van der Waals surface area contributed by atoms with Crippen LogP contribution in [0.2, 0.25) is 5.02 Å². The summed E-state index contributed by atoms with van der Waals surface area (Å²) in [6.07, 6.45) is 3.00. The zero-order valence-electron chi connectivity index (χ0n) is 12.9. The molecule has 3 aromatic rings. The van der Waals surface area contributed by atoms with Crippen LogP contribution < -0.4 is 0 Å².